The third-order valence-corrected chi connectivity index (χ3v) is 1.55. The van der Waals surface area contributed by atoms with Gasteiger partial charge in [0, 0.05) is 6.07 Å². The van der Waals surface area contributed by atoms with Crippen LogP contribution in [0.3, 0.4) is 0 Å². The SMILES string of the molecule is Nc1cc[nH+]c2[nH]ccc12. The van der Waals surface area contributed by atoms with Crippen molar-refractivity contribution in [2.24, 2.45) is 0 Å². The average molecular weight is 134 g/mol. The summed E-state index contributed by atoms with van der Waals surface area (Å²) in [6.07, 6.45) is 3.67. The molecular formula is C7H8N3+. The summed E-state index contributed by atoms with van der Waals surface area (Å²) in [5.74, 6) is 0. The topological polar surface area (TPSA) is 55.9 Å². The summed E-state index contributed by atoms with van der Waals surface area (Å²) in [4.78, 5) is 6.06. The molecule has 0 aliphatic carbocycles. The molecule has 2 aromatic heterocycles. The highest BCUT2D eigenvalue weighted by molar-refractivity contribution is 5.85. The van der Waals surface area contributed by atoms with Crippen molar-refractivity contribution in [3.05, 3.63) is 24.5 Å². The Morgan fingerprint density at radius 2 is 2.30 bits per heavy atom. The minimum absolute atomic E-state index is 0.801. The van der Waals surface area contributed by atoms with Gasteiger partial charge in [-0.05, 0) is 6.07 Å². The van der Waals surface area contributed by atoms with Crippen LogP contribution in [0.25, 0.3) is 11.0 Å². The van der Waals surface area contributed by atoms with Gasteiger partial charge in [-0.15, -0.1) is 0 Å². The predicted octanol–water partition coefficient (Wildman–Crippen LogP) is 0.564. The number of rotatable bonds is 0. The number of H-pyrrole nitrogens is 2. The summed E-state index contributed by atoms with van der Waals surface area (Å²) in [6.45, 7) is 0. The predicted molar refractivity (Wildman–Crippen MR) is 39.3 cm³/mol. The Hall–Kier alpha value is -1.51. The van der Waals surface area contributed by atoms with E-state index in [9.17, 15) is 0 Å². The highest BCUT2D eigenvalue weighted by Crippen LogP contribution is 2.13. The summed E-state index contributed by atoms with van der Waals surface area (Å²) in [5.41, 5.74) is 7.43. The van der Waals surface area contributed by atoms with Crippen LogP contribution in [-0.2, 0) is 0 Å². The van der Waals surface area contributed by atoms with E-state index in [0.717, 1.165) is 16.7 Å². The number of nitrogens with one attached hydrogen (secondary N) is 2. The van der Waals surface area contributed by atoms with Crippen molar-refractivity contribution in [1.82, 2.24) is 4.98 Å². The van der Waals surface area contributed by atoms with Crippen LogP contribution < -0.4 is 10.7 Å². The summed E-state index contributed by atoms with van der Waals surface area (Å²) in [5, 5.41) is 1.04. The molecule has 10 heavy (non-hydrogen) atoms. The zero-order valence-electron chi connectivity index (χ0n) is 5.39. The molecule has 50 valence electrons. The van der Waals surface area contributed by atoms with Gasteiger partial charge in [0.25, 0.3) is 5.65 Å². The molecular weight excluding hydrogens is 126 g/mol. The zero-order chi connectivity index (χ0) is 6.97. The van der Waals surface area contributed by atoms with Crippen LogP contribution in [0.15, 0.2) is 24.5 Å². The van der Waals surface area contributed by atoms with Gasteiger partial charge >= 0.3 is 0 Å². The zero-order valence-corrected chi connectivity index (χ0v) is 5.39. The molecule has 0 fully saturated rings. The van der Waals surface area contributed by atoms with E-state index < -0.39 is 0 Å². The molecule has 0 bridgehead atoms. The van der Waals surface area contributed by atoms with Crippen LogP contribution in [0.4, 0.5) is 5.69 Å². The number of fused-ring (bicyclic) bond motifs is 1. The van der Waals surface area contributed by atoms with Gasteiger partial charge in [0.1, 0.15) is 0 Å². The second-order valence-corrected chi connectivity index (χ2v) is 2.20. The smallest absolute Gasteiger partial charge is 0.286 e. The van der Waals surface area contributed by atoms with Crippen LogP contribution in [0, 0.1) is 0 Å². The molecule has 0 radical (unpaired) electrons. The minimum atomic E-state index is 0.801. The minimum Gasteiger partial charge on any atom is -0.398 e. The Kier molecular flexibility index (Phi) is 0.917. The van der Waals surface area contributed by atoms with Crippen molar-refractivity contribution >= 4 is 16.7 Å². The standard InChI is InChI=1S/C7H7N3/c8-6-2-4-10-7-5(6)1-3-9-7/h1-4H,(H3,8,9,10)/p+1. The van der Waals surface area contributed by atoms with Crippen LogP contribution in [0.2, 0.25) is 0 Å². The Morgan fingerprint density at radius 3 is 3.10 bits per heavy atom. The Morgan fingerprint density at radius 1 is 1.40 bits per heavy atom. The van der Waals surface area contributed by atoms with Crippen molar-refractivity contribution in [2.45, 2.75) is 0 Å². The van der Waals surface area contributed by atoms with Gasteiger partial charge in [-0.1, -0.05) is 0 Å². The molecule has 0 spiro atoms. The summed E-state index contributed by atoms with van der Waals surface area (Å²) >= 11 is 0. The molecule has 2 aromatic rings. The van der Waals surface area contributed by atoms with E-state index in [4.69, 9.17) is 5.73 Å². The lowest BCUT2D eigenvalue weighted by molar-refractivity contribution is -0.347. The van der Waals surface area contributed by atoms with Crippen molar-refractivity contribution in [3.8, 4) is 0 Å². The lowest BCUT2D eigenvalue weighted by Crippen LogP contribution is -2.02. The molecule has 2 heterocycles. The number of hydrogen-bond donors (Lipinski definition) is 2. The monoisotopic (exact) mass is 134 g/mol. The molecule has 0 saturated carbocycles. The first-order valence-electron chi connectivity index (χ1n) is 3.11. The summed E-state index contributed by atoms with van der Waals surface area (Å²) in [7, 11) is 0. The fraction of sp³-hybridized carbons (Fsp3) is 0. The molecule has 4 N–H and O–H groups in total. The molecule has 3 heteroatoms. The summed E-state index contributed by atoms with van der Waals surface area (Å²) < 4.78 is 0. The quantitative estimate of drug-likeness (QED) is 0.543. The van der Waals surface area contributed by atoms with Crippen molar-refractivity contribution in [3.63, 3.8) is 0 Å². The van der Waals surface area contributed by atoms with E-state index in [1.165, 1.54) is 0 Å². The number of pyridine rings is 1. The molecule has 0 aliphatic heterocycles. The highest BCUT2D eigenvalue weighted by atomic mass is 14.8. The van der Waals surface area contributed by atoms with Gasteiger partial charge in [0.2, 0.25) is 0 Å². The third kappa shape index (κ3) is 0.572. The third-order valence-electron chi connectivity index (χ3n) is 1.55. The lowest BCUT2D eigenvalue weighted by atomic mass is 10.3. The van der Waals surface area contributed by atoms with Crippen LogP contribution in [-0.4, -0.2) is 4.98 Å². The first-order valence-corrected chi connectivity index (χ1v) is 3.11. The van der Waals surface area contributed by atoms with Gasteiger partial charge < -0.3 is 5.73 Å². The number of nitrogen functional groups attached to an aromatic ring is 1. The number of aromatic nitrogens is 2. The maximum absolute atomic E-state index is 5.66. The second-order valence-electron chi connectivity index (χ2n) is 2.20. The first kappa shape index (κ1) is 5.29. The maximum Gasteiger partial charge on any atom is 0.286 e. The number of hydrogen-bond acceptors (Lipinski definition) is 1. The Balaban J connectivity index is 2.95. The number of aromatic amines is 2. The normalized spacial score (nSPS) is 10.4. The van der Waals surface area contributed by atoms with Crippen molar-refractivity contribution < 1.29 is 4.98 Å². The van der Waals surface area contributed by atoms with Crippen molar-refractivity contribution in [1.29, 1.82) is 0 Å². The number of anilines is 1. The lowest BCUT2D eigenvalue weighted by Gasteiger charge is -1.87. The molecule has 0 saturated heterocycles. The van der Waals surface area contributed by atoms with E-state index in [0.29, 0.717) is 0 Å². The first-order chi connectivity index (χ1) is 4.88. The maximum atomic E-state index is 5.66. The fourth-order valence-electron chi connectivity index (χ4n) is 1.03. The van der Waals surface area contributed by atoms with E-state index in [1.807, 2.05) is 24.5 Å². The Labute approximate surface area is 57.9 Å². The van der Waals surface area contributed by atoms with E-state index in [-0.39, 0.29) is 0 Å². The van der Waals surface area contributed by atoms with Crippen molar-refractivity contribution in [2.75, 3.05) is 5.73 Å². The second kappa shape index (κ2) is 1.73. The van der Waals surface area contributed by atoms with E-state index >= 15 is 0 Å². The van der Waals surface area contributed by atoms with Gasteiger partial charge in [0.15, 0.2) is 0 Å². The van der Waals surface area contributed by atoms with Crippen LogP contribution >= 0.6 is 0 Å². The molecule has 2 rings (SSSR count). The molecule has 0 aromatic carbocycles. The van der Waals surface area contributed by atoms with Gasteiger partial charge in [-0.2, -0.15) is 0 Å². The van der Waals surface area contributed by atoms with Gasteiger partial charge in [-0.25, -0.2) is 9.97 Å². The fourth-order valence-corrected chi connectivity index (χ4v) is 1.03. The molecule has 0 amide bonds. The molecule has 0 unspecified atom stereocenters. The summed E-state index contributed by atoms with van der Waals surface area (Å²) in [6, 6.07) is 3.79. The molecule has 3 nitrogen and oxygen atoms in total. The van der Waals surface area contributed by atoms with Crippen LogP contribution in [0.1, 0.15) is 0 Å². The van der Waals surface area contributed by atoms with Crippen LogP contribution in [0.5, 0.6) is 0 Å². The van der Waals surface area contributed by atoms with Gasteiger partial charge in [-0.3, -0.25) is 0 Å². The van der Waals surface area contributed by atoms with E-state index in [2.05, 4.69) is 9.97 Å². The highest BCUT2D eigenvalue weighted by Gasteiger charge is 2.01. The average Bonchev–Trinajstić information content (AvgIpc) is 2.36. The molecule has 0 aliphatic rings. The number of nitrogens with two attached hydrogens (primary N) is 1. The van der Waals surface area contributed by atoms with Gasteiger partial charge in [0.05, 0.1) is 23.5 Å². The molecule has 0 atom stereocenters. The Bertz CT molecular complexity index is 350. The largest absolute Gasteiger partial charge is 0.398 e. The van der Waals surface area contributed by atoms with E-state index in [1.54, 1.807) is 0 Å².